The summed E-state index contributed by atoms with van der Waals surface area (Å²) in [5.41, 5.74) is 3.13. The Kier molecular flexibility index (Phi) is 3.58. The summed E-state index contributed by atoms with van der Waals surface area (Å²) >= 11 is 0. The van der Waals surface area contributed by atoms with Crippen LogP contribution in [0.25, 0.3) is 0 Å². The van der Waals surface area contributed by atoms with Crippen LogP contribution in [0, 0.1) is 5.82 Å². The summed E-state index contributed by atoms with van der Waals surface area (Å²) < 4.78 is 14.2. The molecule has 0 radical (unpaired) electrons. The van der Waals surface area contributed by atoms with E-state index in [9.17, 15) is 9.50 Å². The van der Waals surface area contributed by atoms with Gasteiger partial charge in [-0.05, 0) is 44.4 Å². The Bertz CT molecular complexity index is 655. The molecule has 2 nitrogen and oxygen atoms in total. The first kappa shape index (κ1) is 13.9. The molecular formula is C18H20FNO. The first-order chi connectivity index (χ1) is 10.1. The number of aryl methyl sites for hydroxylation is 1. The Morgan fingerprint density at radius 1 is 1.24 bits per heavy atom. The molecule has 0 spiro atoms. The van der Waals surface area contributed by atoms with Gasteiger partial charge in [0.2, 0.25) is 0 Å². The molecule has 1 N–H and O–H groups in total. The fraction of sp³-hybridized carbons (Fsp3) is 0.333. The van der Waals surface area contributed by atoms with E-state index in [0.717, 1.165) is 12.8 Å². The second-order valence-corrected chi connectivity index (χ2v) is 5.81. The zero-order valence-corrected chi connectivity index (χ0v) is 12.4. The van der Waals surface area contributed by atoms with Crippen LogP contribution >= 0.6 is 0 Å². The third kappa shape index (κ3) is 2.48. The molecule has 21 heavy (non-hydrogen) atoms. The number of fused-ring (bicyclic) bond motifs is 1. The summed E-state index contributed by atoms with van der Waals surface area (Å²) in [5, 5.41) is 9.39. The summed E-state index contributed by atoms with van der Waals surface area (Å²) in [6, 6.07) is 13.1. The molecule has 2 aromatic carbocycles. The molecule has 0 aliphatic carbocycles. The van der Waals surface area contributed by atoms with E-state index in [1.807, 2.05) is 13.0 Å². The maximum absolute atomic E-state index is 14.2. The van der Waals surface area contributed by atoms with Crippen LogP contribution in [-0.2, 0) is 6.42 Å². The van der Waals surface area contributed by atoms with Gasteiger partial charge in [0.1, 0.15) is 11.6 Å². The molecule has 0 amide bonds. The third-order valence-electron chi connectivity index (χ3n) is 4.43. The SMILES string of the molecule is CC1CCc2ccccc2N1C(C)c1ccc(O)cc1F. The molecule has 1 aliphatic rings. The predicted octanol–water partition coefficient (Wildman–Crippen LogP) is 4.43. The van der Waals surface area contributed by atoms with Crippen molar-refractivity contribution >= 4 is 5.69 Å². The summed E-state index contributed by atoms with van der Waals surface area (Å²) in [7, 11) is 0. The van der Waals surface area contributed by atoms with Crippen molar-refractivity contribution in [1.82, 2.24) is 0 Å². The Balaban J connectivity index is 2.02. The highest BCUT2D eigenvalue weighted by Gasteiger charge is 2.28. The van der Waals surface area contributed by atoms with Gasteiger partial charge < -0.3 is 10.0 Å². The zero-order chi connectivity index (χ0) is 15.0. The van der Waals surface area contributed by atoms with Gasteiger partial charge in [0.15, 0.2) is 0 Å². The molecule has 2 atom stereocenters. The smallest absolute Gasteiger partial charge is 0.132 e. The summed E-state index contributed by atoms with van der Waals surface area (Å²) in [4.78, 5) is 2.29. The van der Waals surface area contributed by atoms with Crippen LogP contribution in [0.5, 0.6) is 5.75 Å². The van der Waals surface area contributed by atoms with Gasteiger partial charge in [-0.1, -0.05) is 24.3 Å². The summed E-state index contributed by atoms with van der Waals surface area (Å²) in [5.74, 6) is -0.381. The maximum atomic E-state index is 14.2. The average molecular weight is 285 g/mol. The average Bonchev–Trinajstić information content (AvgIpc) is 2.46. The Morgan fingerprint density at radius 3 is 2.76 bits per heavy atom. The summed E-state index contributed by atoms with van der Waals surface area (Å²) in [6.45, 7) is 4.21. The number of hydrogen-bond acceptors (Lipinski definition) is 2. The topological polar surface area (TPSA) is 23.5 Å². The van der Waals surface area contributed by atoms with Crippen molar-refractivity contribution in [2.75, 3.05) is 4.90 Å². The van der Waals surface area contributed by atoms with Crippen molar-refractivity contribution < 1.29 is 9.50 Å². The zero-order valence-electron chi connectivity index (χ0n) is 12.4. The molecule has 3 heteroatoms. The molecular weight excluding hydrogens is 265 g/mol. The molecule has 2 aromatic rings. The molecule has 3 rings (SSSR count). The number of rotatable bonds is 2. The number of benzene rings is 2. The van der Waals surface area contributed by atoms with Crippen molar-refractivity contribution in [3.63, 3.8) is 0 Å². The van der Waals surface area contributed by atoms with Gasteiger partial charge in [0.05, 0.1) is 6.04 Å². The number of anilines is 1. The number of aromatic hydroxyl groups is 1. The molecule has 0 saturated heterocycles. The highest BCUT2D eigenvalue weighted by Crippen LogP contribution is 2.38. The number of phenols is 1. The minimum Gasteiger partial charge on any atom is -0.508 e. The summed E-state index contributed by atoms with van der Waals surface area (Å²) in [6.07, 6.45) is 2.14. The molecule has 0 saturated carbocycles. The van der Waals surface area contributed by atoms with Crippen LogP contribution in [0.4, 0.5) is 10.1 Å². The fourth-order valence-electron chi connectivity index (χ4n) is 3.31. The van der Waals surface area contributed by atoms with Gasteiger partial charge in [-0.2, -0.15) is 0 Å². The van der Waals surface area contributed by atoms with E-state index in [4.69, 9.17) is 0 Å². The van der Waals surface area contributed by atoms with Gasteiger partial charge in [0.25, 0.3) is 0 Å². The molecule has 2 unspecified atom stereocenters. The van der Waals surface area contributed by atoms with E-state index in [-0.39, 0.29) is 17.6 Å². The van der Waals surface area contributed by atoms with Crippen LogP contribution in [0.15, 0.2) is 42.5 Å². The Labute approximate surface area is 124 Å². The number of hydrogen-bond donors (Lipinski definition) is 1. The quantitative estimate of drug-likeness (QED) is 0.882. The van der Waals surface area contributed by atoms with E-state index in [1.165, 1.54) is 17.3 Å². The van der Waals surface area contributed by atoms with Crippen LogP contribution in [0.1, 0.15) is 37.4 Å². The van der Waals surface area contributed by atoms with E-state index in [0.29, 0.717) is 11.6 Å². The number of halogens is 1. The van der Waals surface area contributed by atoms with Crippen molar-refractivity contribution in [3.05, 3.63) is 59.4 Å². The molecule has 0 bridgehead atoms. The monoisotopic (exact) mass is 285 g/mol. The van der Waals surface area contributed by atoms with E-state index < -0.39 is 0 Å². The van der Waals surface area contributed by atoms with E-state index >= 15 is 0 Å². The molecule has 1 heterocycles. The lowest BCUT2D eigenvalue weighted by Gasteiger charge is -2.41. The first-order valence-corrected chi connectivity index (χ1v) is 7.42. The van der Waals surface area contributed by atoms with Gasteiger partial charge in [-0.3, -0.25) is 0 Å². The van der Waals surface area contributed by atoms with Crippen LogP contribution < -0.4 is 4.90 Å². The van der Waals surface area contributed by atoms with E-state index in [2.05, 4.69) is 30.0 Å². The standard InChI is InChI=1S/C18H20FNO/c1-12-7-8-14-5-3-4-6-18(14)20(12)13(2)16-10-9-15(21)11-17(16)19/h3-6,9-13,21H,7-8H2,1-2H3. The predicted molar refractivity (Wildman–Crippen MR) is 83.2 cm³/mol. The second-order valence-electron chi connectivity index (χ2n) is 5.81. The minimum atomic E-state index is -0.349. The van der Waals surface area contributed by atoms with Crippen LogP contribution in [0.3, 0.4) is 0 Å². The highest BCUT2D eigenvalue weighted by atomic mass is 19.1. The van der Waals surface area contributed by atoms with Gasteiger partial charge >= 0.3 is 0 Å². The van der Waals surface area contributed by atoms with Gasteiger partial charge in [-0.25, -0.2) is 4.39 Å². The van der Waals surface area contributed by atoms with Crippen molar-refractivity contribution in [3.8, 4) is 5.75 Å². The fourth-order valence-corrected chi connectivity index (χ4v) is 3.31. The number of phenolic OH excluding ortho intramolecular Hbond substituents is 1. The second kappa shape index (κ2) is 5.40. The van der Waals surface area contributed by atoms with Crippen LogP contribution in [-0.4, -0.2) is 11.1 Å². The molecule has 1 aliphatic heterocycles. The third-order valence-corrected chi connectivity index (χ3v) is 4.43. The first-order valence-electron chi connectivity index (χ1n) is 7.42. The van der Waals surface area contributed by atoms with E-state index in [1.54, 1.807) is 12.1 Å². The van der Waals surface area contributed by atoms with Crippen molar-refractivity contribution in [2.45, 2.75) is 38.8 Å². The lowest BCUT2D eigenvalue weighted by molar-refractivity contribution is 0.462. The number of nitrogens with zero attached hydrogens (tertiary/aromatic N) is 1. The largest absolute Gasteiger partial charge is 0.508 e. The van der Waals surface area contributed by atoms with Crippen molar-refractivity contribution in [1.29, 1.82) is 0 Å². The molecule has 0 fully saturated rings. The molecule has 110 valence electrons. The highest BCUT2D eigenvalue weighted by molar-refractivity contribution is 5.58. The lowest BCUT2D eigenvalue weighted by atomic mass is 9.93. The van der Waals surface area contributed by atoms with Gasteiger partial charge in [0, 0.05) is 23.4 Å². The van der Waals surface area contributed by atoms with Gasteiger partial charge in [-0.15, -0.1) is 0 Å². The van der Waals surface area contributed by atoms with Crippen molar-refractivity contribution in [2.24, 2.45) is 0 Å². The minimum absolute atomic E-state index is 0.0319. The normalized spacial score (nSPS) is 19.2. The van der Waals surface area contributed by atoms with Crippen LogP contribution in [0.2, 0.25) is 0 Å². The maximum Gasteiger partial charge on any atom is 0.132 e. The molecule has 0 aromatic heterocycles. The Hall–Kier alpha value is -2.03. The lowest BCUT2D eigenvalue weighted by Crippen LogP contribution is -2.39. The number of para-hydroxylation sites is 1. The Morgan fingerprint density at radius 2 is 2.00 bits per heavy atom.